The second-order valence-electron chi connectivity index (χ2n) is 4.88. The molecule has 0 aromatic carbocycles. The summed E-state index contributed by atoms with van der Waals surface area (Å²) in [5.74, 6) is -0.686. The van der Waals surface area contributed by atoms with Crippen molar-refractivity contribution in [1.82, 2.24) is 0 Å². The maximum Gasteiger partial charge on any atom is 0.330 e. The van der Waals surface area contributed by atoms with Gasteiger partial charge in [0, 0.05) is 25.0 Å². The van der Waals surface area contributed by atoms with Crippen molar-refractivity contribution in [2.24, 2.45) is 17.3 Å². The van der Waals surface area contributed by atoms with Gasteiger partial charge in [0.05, 0.1) is 12.2 Å². The van der Waals surface area contributed by atoms with Crippen molar-refractivity contribution in [3.63, 3.8) is 0 Å². The van der Waals surface area contributed by atoms with E-state index in [0.29, 0.717) is 12.8 Å². The van der Waals surface area contributed by atoms with Gasteiger partial charge in [-0.05, 0) is 12.8 Å². The van der Waals surface area contributed by atoms with Crippen LogP contribution >= 0.6 is 0 Å². The van der Waals surface area contributed by atoms with Gasteiger partial charge in [0.25, 0.3) is 0 Å². The summed E-state index contributed by atoms with van der Waals surface area (Å²) in [6.45, 7) is 3.35. The largest absolute Gasteiger partial charge is 0.456 e. The lowest BCUT2D eigenvalue weighted by molar-refractivity contribution is -0.158. The average Bonchev–Trinajstić information content (AvgIpc) is 2.93. The molecule has 2 saturated carbocycles. The Bertz CT molecular complexity index is 427. The summed E-state index contributed by atoms with van der Waals surface area (Å²) in [6, 6.07) is 2.10. The van der Waals surface area contributed by atoms with Crippen molar-refractivity contribution in [2.45, 2.75) is 25.0 Å². The molecule has 0 aromatic heterocycles. The predicted molar refractivity (Wildman–Crippen MR) is 61.2 cm³/mol. The smallest absolute Gasteiger partial charge is 0.330 e. The minimum Gasteiger partial charge on any atom is -0.456 e. The van der Waals surface area contributed by atoms with E-state index in [1.165, 1.54) is 7.11 Å². The standard InChI is InChI=1S/C13H15NO4/c1-3-10(16)18-11-8-4-9(12(11)17-2)13(5-8,6-14)7-15/h3,7-9,11-12H,1,4-5H2,2H3. The lowest BCUT2D eigenvalue weighted by Gasteiger charge is -2.36. The zero-order chi connectivity index (χ0) is 13.3. The van der Waals surface area contributed by atoms with Crippen molar-refractivity contribution >= 4 is 12.3 Å². The third-order valence-electron chi connectivity index (χ3n) is 4.11. The van der Waals surface area contributed by atoms with Gasteiger partial charge in [0.15, 0.2) is 0 Å². The number of ether oxygens (including phenoxy) is 2. The zero-order valence-electron chi connectivity index (χ0n) is 10.2. The maximum absolute atomic E-state index is 11.3. The molecule has 2 rings (SSSR count). The SMILES string of the molecule is C=CC(=O)OC1C2CC(C1OC)C(C#N)(C=O)C2. The molecule has 2 aliphatic rings. The first kappa shape index (κ1) is 12.8. The Kier molecular flexibility index (Phi) is 3.22. The van der Waals surface area contributed by atoms with Crippen molar-refractivity contribution in [3.05, 3.63) is 12.7 Å². The van der Waals surface area contributed by atoms with E-state index >= 15 is 0 Å². The molecule has 0 saturated heterocycles. The summed E-state index contributed by atoms with van der Waals surface area (Å²) in [4.78, 5) is 22.5. The second kappa shape index (κ2) is 4.54. The lowest BCUT2D eigenvalue weighted by Crippen LogP contribution is -2.46. The van der Waals surface area contributed by atoms with Gasteiger partial charge in [-0.2, -0.15) is 5.26 Å². The lowest BCUT2D eigenvalue weighted by atomic mass is 9.73. The molecular weight excluding hydrogens is 234 g/mol. The Morgan fingerprint density at radius 2 is 2.28 bits per heavy atom. The minimum absolute atomic E-state index is 0.00806. The van der Waals surface area contributed by atoms with Crippen LogP contribution in [0.15, 0.2) is 12.7 Å². The molecule has 5 heteroatoms. The van der Waals surface area contributed by atoms with Crippen LogP contribution in [0.25, 0.3) is 0 Å². The summed E-state index contributed by atoms with van der Waals surface area (Å²) in [7, 11) is 1.51. The van der Waals surface area contributed by atoms with Gasteiger partial charge in [-0.15, -0.1) is 0 Å². The number of nitriles is 1. The normalized spacial score (nSPS) is 41.1. The summed E-state index contributed by atoms with van der Waals surface area (Å²) in [5.41, 5.74) is -0.984. The number of fused-ring (bicyclic) bond motifs is 2. The molecule has 2 fully saturated rings. The number of hydrogen-bond acceptors (Lipinski definition) is 5. The highest BCUT2D eigenvalue weighted by atomic mass is 16.6. The molecule has 5 nitrogen and oxygen atoms in total. The van der Waals surface area contributed by atoms with Crippen LogP contribution in [-0.2, 0) is 19.1 Å². The highest BCUT2D eigenvalue weighted by molar-refractivity contribution is 5.81. The topological polar surface area (TPSA) is 76.4 Å². The van der Waals surface area contributed by atoms with Crippen LogP contribution in [0.2, 0.25) is 0 Å². The van der Waals surface area contributed by atoms with Crippen molar-refractivity contribution < 1.29 is 19.1 Å². The van der Waals surface area contributed by atoms with Gasteiger partial charge >= 0.3 is 5.97 Å². The molecule has 0 aromatic rings. The van der Waals surface area contributed by atoms with Gasteiger partial charge in [0.2, 0.25) is 0 Å². The first-order valence-corrected chi connectivity index (χ1v) is 5.85. The van der Waals surface area contributed by atoms with E-state index in [0.717, 1.165) is 12.4 Å². The number of carbonyl (C=O) groups excluding carboxylic acids is 2. The van der Waals surface area contributed by atoms with E-state index in [1.54, 1.807) is 0 Å². The molecule has 0 spiro atoms. The highest BCUT2D eigenvalue weighted by Crippen LogP contribution is 2.56. The van der Waals surface area contributed by atoms with E-state index in [9.17, 15) is 14.9 Å². The Morgan fingerprint density at radius 3 is 2.78 bits per heavy atom. The quantitative estimate of drug-likeness (QED) is 0.419. The average molecular weight is 249 g/mol. The number of esters is 1. The van der Waals surface area contributed by atoms with Crippen molar-refractivity contribution in [1.29, 1.82) is 5.26 Å². The molecule has 5 atom stereocenters. The summed E-state index contributed by atoms with van der Waals surface area (Å²) in [6.07, 6.45) is 2.17. The highest BCUT2D eigenvalue weighted by Gasteiger charge is 2.62. The second-order valence-corrected chi connectivity index (χ2v) is 4.88. The molecule has 0 heterocycles. The molecule has 0 radical (unpaired) electrons. The van der Waals surface area contributed by atoms with E-state index in [-0.39, 0.29) is 17.9 Å². The number of methoxy groups -OCH3 is 1. The van der Waals surface area contributed by atoms with Crippen LogP contribution in [-0.4, -0.2) is 31.6 Å². The molecule has 2 bridgehead atoms. The predicted octanol–water partition coefficient (Wildman–Crippen LogP) is 0.848. The molecule has 0 N–H and O–H groups in total. The van der Waals surface area contributed by atoms with Crippen LogP contribution in [0.1, 0.15) is 12.8 Å². The third kappa shape index (κ3) is 1.65. The summed E-state index contributed by atoms with van der Waals surface area (Å²) >= 11 is 0. The number of nitrogens with zero attached hydrogens (tertiary/aromatic N) is 1. The van der Waals surface area contributed by atoms with Crippen LogP contribution in [0.5, 0.6) is 0 Å². The van der Waals surface area contributed by atoms with Gasteiger partial charge < -0.3 is 14.3 Å². The van der Waals surface area contributed by atoms with E-state index < -0.39 is 17.5 Å². The van der Waals surface area contributed by atoms with Crippen molar-refractivity contribution in [2.75, 3.05) is 7.11 Å². The number of carbonyl (C=O) groups is 2. The first-order chi connectivity index (χ1) is 8.61. The fourth-order valence-electron chi connectivity index (χ4n) is 3.31. The summed E-state index contributed by atoms with van der Waals surface area (Å²) in [5, 5.41) is 9.21. The van der Waals surface area contributed by atoms with Crippen LogP contribution in [0.4, 0.5) is 0 Å². The molecule has 18 heavy (non-hydrogen) atoms. The van der Waals surface area contributed by atoms with E-state index in [4.69, 9.17) is 9.47 Å². The van der Waals surface area contributed by atoms with E-state index in [1.807, 2.05) is 0 Å². The fourth-order valence-corrected chi connectivity index (χ4v) is 3.31. The summed E-state index contributed by atoms with van der Waals surface area (Å²) < 4.78 is 10.6. The van der Waals surface area contributed by atoms with Crippen molar-refractivity contribution in [3.8, 4) is 6.07 Å². The Balaban J connectivity index is 2.22. The Hall–Kier alpha value is -1.67. The number of rotatable bonds is 4. The fraction of sp³-hybridized carbons (Fsp3) is 0.615. The van der Waals surface area contributed by atoms with Crippen LogP contribution < -0.4 is 0 Å². The van der Waals surface area contributed by atoms with E-state index in [2.05, 4.69) is 12.6 Å². The minimum atomic E-state index is -0.984. The van der Waals surface area contributed by atoms with Crippen LogP contribution in [0, 0.1) is 28.6 Å². The van der Waals surface area contributed by atoms with Gasteiger partial charge in [-0.25, -0.2) is 4.79 Å². The molecule has 0 amide bonds. The van der Waals surface area contributed by atoms with Gasteiger partial charge in [0.1, 0.15) is 17.8 Å². The molecular formula is C13H15NO4. The number of aldehydes is 1. The third-order valence-corrected chi connectivity index (χ3v) is 4.11. The maximum atomic E-state index is 11.3. The molecule has 2 aliphatic carbocycles. The monoisotopic (exact) mass is 249 g/mol. The first-order valence-electron chi connectivity index (χ1n) is 5.85. The van der Waals surface area contributed by atoms with Gasteiger partial charge in [-0.3, -0.25) is 0 Å². The molecule has 5 unspecified atom stereocenters. The van der Waals surface area contributed by atoms with Crippen LogP contribution in [0.3, 0.4) is 0 Å². The Labute approximate surface area is 105 Å². The van der Waals surface area contributed by atoms with Gasteiger partial charge in [-0.1, -0.05) is 6.58 Å². The molecule has 0 aliphatic heterocycles. The molecule has 96 valence electrons. The Morgan fingerprint density at radius 1 is 1.56 bits per heavy atom. The number of hydrogen-bond donors (Lipinski definition) is 0. The zero-order valence-corrected chi connectivity index (χ0v) is 10.2.